The average Bonchev–Trinajstić information content (AvgIpc) is 2.89. The number of nitrogens with one attached hydrogen (secondary N) is 2. The Balaban J connectivity index is 1.70. The molecule has 1 aliphatic carbocycles. The van der Waals surface area contributed by atoms with Gasteiger partial charge in [-0.1, -0.05) is 18.9 Å². The number of amides is 3. The van der Waals surface area contributed by atoms with Crippen LogP contribution in [0.4, 0.5) is 10.5 Å². The van der Waals surface area contributed by atoms with Gasteiger partial charge in [-0.05, 0) is 31.0 Å². The second kappa shape index (κ2) is 7.19. The van der Waals surface area contributed by atoms with Crippen LogP contribution in [0.5, 0.6) is 0 Å². The van der Waals surface area contributed by atoms with Gasteiger partial charge in [-0.15, -0.1) is 11.8 Å². The molecule has 0 aliphatic heterocycles. The third-order valence-electron chi connectivity index (χ3n) is 3.17. The van der Waals surface area contributed by atoms with Gasteiger partial charge in [0.05, 0.1) is 5.75 Å². The first kappa shape index (κ1) is 14.7. The molecule has 0 unspecified atom stereocenters. The molecule has 6 heteroatoms. The number of benzene rings is 1. The smallest absolute Gasteiger partial charge is 0.321 e. The van der Waals surface area contributed by atoms with Crippen molar-refractivity contribution in [2.45, 2.75) is 36.6 Å². The maximum absolute atomic E-state index is 11.7. The second-order valence-electron chi connectivity index (χ2n) is 4.86. The van der Waals surface area contributed by atoms with E-state index in [2.05, 4.69) is 10.6 Å². The number of nitrogen functional groups attached to an aromatic ring is 1. The van der Waals surface area contributed by atoms with Gasteiger partial charge >= 0.3 is 6.03 Å². The van der Waals surface area contributed by atoms with Gasteiger partial charge < -0.3 is 11.1 Å². The number of anilines is 1. The molecule has 1 aliphatic rings. The van der Waals surface area contributed by atoms with Crippen LogP contribution in [0.15, 0.2) is 29.2 Å². The lowest BCUT2D eigenvalue weighted by Crippen LogP contribution is -2.44. The number of thioether (sulfide) groups is 1. The average molecular weight is 293 g/mol. The summed E-state index contributed by atoms with van der Waals surface area (Å²) in [5.41, 5.74) is 6.32. The molecule has 108 valence electrons. The monoisotopic (exact) mass is 293 g/mol. The van der Waals surface area contributed by atoms with Gasteiger partial charge in [0.15, 0.2) is 0 Å². The number of rotatable bonds is 4. The van der Waals surface area contributed by atoms with E-state index in [1.54, 1.807) is 12.1 Å². The fourth-order valence-corrected chi connectivity index (χ4v) is 2.97. The van der Waals surface area contributed by atoms with Gasteiger partial charge in [0, 0.05) is 16.6 Å². The van der Waals surface area contributed by atoms with Crippen molar-refractivity contribution in [2.24, 2.45) is 0 Å². The Labute approximate surface area is 122 Å². The summed E-state index contributed by atoms with van der Waals surface area (Å²) in [5.74, 6) is -0.102. The second-order valence-corrected chi connectivity index (χ2v) is 5.91. The molecule has 5 nitrogen and oxygen atoms in total. The summed E-state index contributed by atoms with van der Waals surface area (Å²) in [6, 6.07) is 7.13. The molecular weight excluding hydrogens is 274 g/mol. The minimum absolute atomic E-state index is 0.196. The summed E-state index contributed by atoms with van der Waals surface area (Å²) in [7, 11) is 0. The largest absolute Gasteiger partial charge is 0.399 e. The van der Waals surface area contributed by atoms with Crippen molar-refractivity contribution in [1.82, 2.24) is 10.6 Å². The molecule has 0 saturated heterocycles. The Morgan fingerprint density at radius 3 is 2.75 bits per heavy atom. The molecule has 0 aromatic heterocycles. The SMILES string of the molecule is Nc1cccc(SCC(=O)NC(=O)NC2CCCC2)c1. The summed E-state index contributed by atoms with van der Waals surface area (Å²) in [6.45, 7) is 0. The van der Waals surface area contributed by atoms with E-state index < -0.39 is 6.03 Å². The topological polar surface area (TPSA) is 84.2 Å². The normalized spacial score (nSPS) is 15.0. The number of imide groups is 1. The highest BCUT2D eigenvalue weighted by Gasteiger charge is 2.18. The van der Waals surface area contributed by atoms with E-state index in [0.717, 1.165) is 30.6 Å². The van der Waals surface area contributed by atoms with Gasteiger partial charge in [0.25, 0.3) is 0 Å². The van der Waals surface area contributed by atoms with Crippen LogP contribution in [0.3, 0.4) is 0 Å². The predicted molar refractivity (Wildman–Crippen MR) is 80.5 cm³/mol. The fourth-order valence-electron chi connectivity index (χ4n) is 2.21. The van der Waals surface area contributed by atoms with Crippen LogP contribution in [0.2, 0.25) is 0 Å². The molecule has 0 heterocycles. The molecular formula is C14H19N3O2S. The molecule has 1 fully saturated rings. The Morgan fingerprint density at radius 1 is 1.30 bits per heavy atom. The predicted octanol–water partition coefficient (Wildman–Crippen LogP) is 2.13. The molecule has 0 bridgehead atoms. The summed E-state index contributed by atoms with van der Waals surface area (Å²) < 4.78 is 0. The quantitative estimate of drug-likeness (QED) is 0.586. The number of carbonyl (C=O) groups excluding carboxylic acids is 2. The highest BCUT2D eigenvalue weighted by molar-refractivity contribution is 8.00. The van der Waals surface area contributed by atoms with E-state index in [1.807, 2.05) is 12.1 Å². The molecule has 3 amide bonds. The van der Waals surface area contributed by atoms with Crippen LogP contribution in [-0.4, -0.2) is 23.7 Å². The van der Waals surface area contributed by atoms with Crippen molar-refractivity contribution in [3.63, 3.8) is 0 Å². The standard InChI is InChI=1S/C14H19N3O2S/c15-10-4-3-7-12(8-10)20-9-13(18)17-14(19)16-11-5-1-2-6-11/h3-4,7-8,11H,1-2,5-6,9,15H2,(H2,16,17,18,19). The maximum Gasteiger partial charge on any atom is 0.321 e. The van der Waals surface area contributed by atoms with Crippen LogP contribution >= 0.6 is 11.8 Å². The number of urea groups is 1. The number of hydrogen-bond donors (Lipinski definition) is 3. The van der Waals surface area contributed by atoms with Crippen molar-refractivity contribution in [3.8, 4) is 0 Å². The van der Waals surface area contributed by atoms with E-state index in [1.165, 1.54) is 11.8 Å². The van der Waals surface area contributed by atoms with Crippen molar-refractivity contribution >= 4 is 29.4 Å². The summed E-state index contributed by atoms with van der Waals surface area (Å²) in [4.78, 5) is 24.2. The molecule has 1 aromatic rings. The van der Waals surface area contributed by atoms with Crippen molar-refractivity contribution < 1.29 is 9.59 Å². The zero-order valence-electron chi connectivity index (χ0n) is 11.2. The summed E-state index contributed by atoms with van der Waals surface area (Å²) in [5, 5.41) is 5.17. The third-order valence-corrected chi connectivity index (χ3v) is 4.17. The zero-order valence-corrected chi connectivity index (χ0v) is 12.0. The van der Waals surface area contributed by atoms with E-state index >= 15 is 0 Å². The molecule has 4 N–H and O–H groups in total. The Morgan fingerprint density at radius 2 is 2.05 bits per heavy atom. The first-order chi connectivity index (χ1) is 9.63. The number of hydrogen-bond acceptors (Lipinski definition) is 4. The molecule has 0 spiro atoms. The Bertz CT molecular complexity index is 487. The molecule has 20 heavy (non-hydrogen) atoms. The van der Waals surface area contributed by atoms with E-state index in [-0.39, 0.29) is 17.7 Å². The van der Waals surface area contributed by atoms with Crippen molar-refractivity contribution in [1.29, 1.82) is 0 Å². The fraction of sp³-hybridized carbons (Fsp3) is 0.429. The first-order valence-corrected chi connectivity index (χ1v) is 7.71. The Kier molecular flexibility index (Phi) is 5.29. The van der Waals surface area contributed by atoms with E-state index in [0.29, 0.717) is 5.69 Å². The molecule has 1 saturated carbocycles. The number of nitrogens with two attached hydrogens (primary N) is 1. The van der Waals surface area contributed by atoms with Gasteiger partial charge in [0.1, 0.15) is 0 Å². The van der Waals surface area contributed by atoms with Crippen LogP contribution in [0, 0.1) is 0 Å². The van der Waals surface area contributed by atoms with Crippen LogP contribution in [-0.2, 0) is 4.79 Å². The molecule has 2 rings (SSSR count). The number of carbonyl (C=O) groups is 2. The van der Waals surface area contributed by atoms with E-state index in [4.69, 9.17) is 5.73 Å². The highest BCUT2D eigenvalue weighted by Crippen LogP contribution is 2.20. The molecule has 0 atom stereocenters. The lowest BCUT2D eigenvalue weighted by molar-refractivity contribution is -0.117. The lowest BCUT2D eigenvalue weighted by Gasteiger charge is -2.12. The highest BCUT2D eigenvalue weighted by atomic mass is 32.2. The van der Waals surface area contributed by atoms with Gasteiger partial charge in [-0.2, -0.15) is 0 Å². The van der Waals surface area contributed by atoms with Gasteiger partial charge in [0.2, 0.25) is 5.91 Å². The summed E-state index contributed by atoms with van der Waals surface area (Å²) in [6.07, 6.45) is 4.29. The van der Waals surface area contributed by atoms with Crippen LogP contribution < -0.4 is 16.4 Å². The minimum atomic E-state index is -0.393. The third kappa shape index (κ3) is 4.77. The summed E-state index contributed by atoms with van der Waals surface area (Å²) >= 11 is 1.36. The van der Waals surface area contributed by atoms with Gasteiger partial charge in [-0.3, -0.25) is 10.1 Å². The van der Waals surface area contributed by atoms with Gasteiger partial charge in [-0.25, -0.2) is 4.79 Å². The van der Waals surface area contributed by atoms with Crippen LogP contribution in [0.25, 0.3) is 0 Å². The Hall–Kier alpha value is -1.69. The van der Waals surface area contributed by atoms with Crippen molar-refractivity contribution in [2.75, 3.05) is 11.5 Å². The minimum Gasteiger partial charge on any atom is -0.399 e. The zero-order chi connectivity index (χ0) is 14.4. The van der Waals surface area contributed by atoms with Crippen molar-refractivity contribution in [3.05, 3.63) is 24.3 Å². The van der Waals surface area contributed by atoms with E-state index in [9.17, 15) is 9.59 Å². The maximum atomic E-state index is 11.7. The van der Waals surface area contributed by atoms with Crippen LogP contribution in [0.1, 0.15) is 25.7 Å². The molecule has 1 aromatic carbocycles. The first-order valence-electron chi connectivity index (χ1n) is 6.72. The lowest BCUT2D eigenvalue weighted by atomic mass is 10.2. The molecule has 0 radical (unpaired) electrons.